The molecule has 4 nitrogen and oxygen atoms in total. The monoisotopic (exact) mass is 292 g/mol. The molecule has 1 unspecified atom stereocenters. The predicted octanol–water partition coefficient (Wildman–Crippen LogP) is 2.94. The lowest BCUT2D eigenvalue weighted by atomic mass is 10.1. The SMILES string of the molecule is CC(Nc1nnccc1C(N)=S)c1cccc(Cl)c1. The number of hydrogen-bond acceptors (Lipinski definition) is 4. The van der Waals surface area contributed by atoms with E-state index in [2.05, 4.69) is 15.5 Å². The maximum Gasteiger partial charge on any atom is 0.159 e. The van der Waals surface area contributed by atoms with E-state index in [0.717, 1.165) is 5.56 Å². The fourth-order valence-electron chi connectivity index (χ4n) is 1.70. The number of hydrogen-bond donors (Lipinski definition) is 2. The first-order valence-corrected chi connectivity index (χ1v) is 6.50. The first-order chi connectivity index (χ1) is 9.08. The molecule has 6 heteroatoms. The standard InChI is InChI=1S/C13H13ClN4S/c1-8(9-3-2-4-10(14)7-9)17-13-11(12(15)19)5-6-16-18-13/h2-8H,1H3,(H2,15,19)(H,17,18). The van der Waals surface area contributed by atoms with Gasteiger partial charge in [0, 0.05) is 5.02 Å². The molecule has 1 heterocycles. The first-order valence-electron chi connectivity index (χ1n) is 5.71. The molecular formula is C13H13ClN4S. The van der Waals surface area contributed by atoms with Gasteiger partial charge in [0.1, 0.15) is 4.99 Å². The van der Waals surface area contributed by atoms with Gasteiger partial charge in [0.2, 0.25) is 0 Å². The van der Waals surface area contributed by atoms with E-state index in [9.17, 15) is 0 Å². The van der Waals surface area contributed by atoms with Gasteiger partial charge in [-0.2, -0.15) is 5.10 Å². The van der Waals surface area contributed by atoms with Crippen LogP contribution in [0.15, 0.2) is 36.5 Å². The molecule has 0 aliphatic heterocycles. The molecule has 3 N–H and O–H groups in total. The maximum absolute atomic E-state index is 5.98. The highest BCUT2D eigenvalue weighted by Gasteiger charge is 2.11. The van der Waals surface area contributed by atoms with Gasteiger partial charge in [0.15, 0.2) is 5.82 Å². The zero-order chi connectivity index (χ0) is 13.8. The molecule has 1 atom stereocenters. The molecule has 0 radical (unpaired) electrons. The highest BCUT2D eigenvalue weighted by molar-refractivity contribution is 7.80. The molecule has 2 rings (SSSR count). The number of aromatic nitrogens is 2. The maximum atomic E-state index is 5.98. The molecule has 98 valence electrons. The summed E-state index contributed by atoms with van der Waals surface area (Å²) in [6.07, 6.45) is 1.56. The third-order valence-electron chi connectivity index (χ3n) is 2.69. The molecule has 0 saturated carbocycles. The third-order valence-corrected chi connectivity index (χ3v) is 3.14. The van der Waals surface area contributed by atoms with Crippen LogP contribution in [0.2, 0.25) is 5.02 Å². The Labute approximate surface area is 122 Å². The van der Waals surface area contributed by atoms with Gasteiger partial charge in [0.05, 0.1) is 17.8 Å². The number of thiocarbonyl (C=S) groups is 1. The lowest BCUT2D eigenvalue weighted by Gasteiger charge is -2.16. The Bertz CT molecular complexity index is 603. The molecule has 1 aromatic heterocycles. The molecule has 2 aromatic rings. The number of anilines is 1. The molecule has 0 amide bonds. The quantitative estimate of drug-likeness (QED) is 0.848. The van der Waals surface area contributed by atoms with Crippen LogP contribution in [0.25, 0.3) is 0 Å². The van der Waals surface area contributed by atoms with Gasteiger partial charge >= 0.3 is 0 Å². The van der Waals surface area contributed by atoms with Crippen molar-refractivity contribution >= 4 is 34.6 Å². The molecule has 0 bridgehead atoms. The highest BCUT2D eigenvalue weighted by atomic mass is 35.5. The highest BCUT2D eigenvalue weighted by Crippen LogP contribution is 2.22. The van der Waals surface area contributed by atoms with Crippen molar-refractivity contribution in [3.63, 3.8) is 0 Å². The van der Waals surface area contributed by atoms with Crippen molar-refractivity contribution in [3.8, 4) is 0 Å². The third kappa shape index (κ3) is 3.39. The fourth-order valence-corrected chi connectivity index (χ4v) is 2.06. The van der Waals surface area contributed by atoms with Gasteiger partial charge in [-0.15, -0.1) is 5.10 Å². The normalized spacial score (nSPS) is 11.9. The number of benzene rings is 1. The molecule has 19 heavy (non-hydrogen) atoms. The summed E-state index contributed by atoms with van der Waals surface area (Å²) in [5.74, 6) is 0.572. The van der Waals surface area contributed by atoms with E-state index in [0.29, 0.717) is 16.4 Å². The van der Waals surface area contributed by atoms with Gasteiger partial charge in [-0.3, -0.25) is 0 Å². The second-order valence-corrected chi connectivity index (χ2v) is 4.96. The van der Waals surface area contributed by atoms with Crippen molar-refractivity contribution in [2.24, 2.45) is 5.73 Å². The van der Waals surface area contributed by atoms with E-state index in [4.69, 9.17) is 29.6 Å². The van der Waals surface area contributed by atoms with Gasteiger partial charge < -0.3 is 11.1 Å². The first kappa shape index (κ1) is 13.7. The Morgan fingerprint density at radius 2 is 2.21 bits per heavy atom. The molecule has 0 aliphatic rings. The van der Waals surface area contributed by atoms with Crippen LogP contribution < -0.4 is 11.1 Å². The van der Waals surface area contributed by atoms with Crippen molar-refractivity contribution in [2.45, 2.75) is 13.0 Å². The van der Waals surface area contributed by atoms with Gasteiger partial charge in [-0.25, -0.2) is 0 Å². The van der Waals surface area contributed by atoms with Gasteiger partial charge in [-0.1, -0.05) is 36.0 Å². The molecule has 1 aromatic carbocycles. The number of nitrogens with one attached hydrogen (secondary N) is 1. The largest absolute Gasteiger partial charge is 0.389 e. The van der Waals surface area contributed by atoms with Crippen LogP contribution in [0.5, 0.6) is 0 Å². The van der Waals surface area contributed by atoms with Gasteiger partial charge in [-0.05, 0) is 30.7 Å². The minimum atomic E-state index is 0.0171. The van der Waals surface area contributed by atoms with Crippen molar-refractivity contribution in [2.75, 3.05) is 5.32 Å². The number of nitrogens with two attached hydrogens (primary N) is 1. The Morgan fingerprint density at radius 1 is 1.42 bits per heavy atom. The summed E-state index contributed by atoms with van der Waals surface area (Å²) in [5.41, 5.74) is 7.38. The molecule has 0 fully saturated rings. The summed E-state index contributed by atoms with van der Waals surface area (Å²) in [6, 6.07) is 9.38. The van der Waals surface area contributed by atoms with E-state index in [-0.39, 0.29) is 11.0 Å². The Hall–Kier alpha value is -1.72. The smallest absolute Gasteiger partial charge is 0.159 e. The van der Waals surface area contributed by atoms with Crippen molar-refractivity contribution in [3.05, 3.63) is 52.7 Å². The second kappa shape index (κ2) is 5.95. The van der Waals surface area contributed by atoms with E-state index in [1.54, 1.807) is 12.3 Å². The summed E-state index contributed by atoms with van der Waals surface area (Å²) in [4.78, 5) is 0.288. The molecule has 0 saturated heterocycles. The minimum Gasteiger partial charge on any atom is -0.389 e. The van der Waals surface area contributed by atoms with E-state index >= 15 is 0 Å². The average Bonchev–Trinajstić information content (AvgIpc) is 2.39. The van der Waals surface area contributed by atoms with Crippen molar-refractivity contribution < 1.29 is 0 Å². The van der Waals surface area contributed by atoms with Gasteiger partial charge in [0.25, 0.3) is 0 Å². The van der Waals surface area contributed by atoms with Crippen LogP contribution in [-0.4, -0.2) is 15.2 Å². The van der Waals surface area contributed by atoms with Crippen LogP contribution >= 0.6 is 23.8 Å². The molecule has 0 spiro atoms. The summed E-state index contributed by atoms with van der Waals surface area (Å²) in [7, 11) is 0. The molecular weight excluding hydrogens is 280 g/mol. The summed E-state index contributed by atoms with van der Waals surface area (Å²) in [6.45, 7) is 2.00. The zero-order valence-corrected chi connectivity index (χ0v) is 11.9. The molecule has 0 aliphatic carbocycles. The lowest BCUT2D eigenvalue weighted by molar-refractivity contribution is 0.859. The Kier molecular flexibility index (Phi) is 4.29. The number of rotatable bonds is 4. The Morgan fingerprint density at radius 3 is 2.89 bits per heavy atom. The topological polar surface area (TPSA) is 63.8 Å². The number of halogens is 1. The van der Waals surface area contributed by atoms with Crippen LogP contribution in [0.3, 0.4) is 0 Å². The second-order valence-electron chi connectivity index (χ2n) is 4.08. The summed E-state index contributed by atoms with van der Waals surface area (Å²) < 4.78 is 0. The lowest BCUT2D eigenvalue weighted by Crippen LogP contribution is -2.16. The minimum absolute atomic E-state index is 0.0171. The van der Waals surface area contributed by atoms with E-state index in [1.807, 2.05) is 31.2 Å². The zero-order valence-electron chi connectivity index (χ0n) is 10.3. The average molecular weight is 293 g/mol. The van der Waals surface area contributed by atoms with E-state index < -0.39 is 0 Å². The van der Waals surface area contributed by atoms with Crippen LogP contribution in [0, 0.1) is 0 Å². The van der Waals surface area contributed by atoms with Crippen LogP contribution in [0.4, 0.5) is 5.82 Å². The summed E-state index contributed by atoms with van der Waals surface area (Å²) in [5, 5.41) is 11.8. The Balaban J connectivity index is 2.24. The van der Waals surface area contributed by atoms with Crippen molar-refractivity contribution in [1.29, 1.82) is 0 Å². The summed E-state index contributed by atoms with van der Waals surface area (Å²) >= 11 is 11.0. The van der Waals surface area contributed by atoms with Crippen molar-refractivity contribution in [1.82, 2.24) is 10.2 Å². The predicted molar refractivity (Wildman–Crippen MR) is 81.4 cm³/mol. The van der Waals surface area contributed by atoms with E-state index in [1.165, 1.54) is 0 Å². The van der Waals surface area contributed by atoms with Crippen LogP contribution in [-0.2, 0) is 0 Å². The fraction of sp³-hybridized carbons (Fsp3) is 0.154. The van der Waals surface area contributed by atoms with Crippen LogP contribution in [0.1, 0.15) is 24.1 Å². The number of nitrogens with zero attached hydrogens (tertiary/aromatic N) is 2.